The fourth-order valence-electron chi connectivity index (χ4n) is 2.59. The second kappa shape index (κ2) is 9.34. The summed E-state index contributed by atoms with van der Waals surface area (Å²) in [5.41, 5.74) is 2.79. The van der Waals surface area contributed by atoms with Crippen LogP contribution in [0.3, 0.4) is 0 Å². The Bertz CT molecular complexity index is 753. The van der Waals surface area contributed by atoms with Crippen LogP contribution in [0.4, 0.5) is 0 Å². The van der Waals surface area contributed by atoms with E-state index in [-0.39, 0.29) is 12.3 Å². The molecule has 0 saturated heterocycles. The minimum atomic E-state index is -0.0794. The molecule has 0 fully saturated rings. The Balaban J connectivity index is 1.80. The second-order valence-electron chi connectivity index (χ2n) is 5.94. The summed E-state index contributed by atoms with van der Waals surface area (Å²) in [5.74, 6) is 1.91. The van der Waals surface area contributed by atoms with Crippen LogP contribution in [0.5, 0.6) is 17.2 Å². The highest BCUT2D eigenvalue weighted by atomic mass is 35.5. The number of rotatable bonds is 8. The van der Waals surface area contributed by atoms with E-state index in [1.165, 1.54) is 0 Å². The molecule has 0 unspecified atom stereocenters. The Morgan fingerprint density at radius 3 is 2.31 bits per heavy atom. The van der Waals surface area contributed by atoms with Crippen LogP contribution in [0.25, 0.3) is 0 Å². The van der Waals surface area contributed by atoms with Crippen molar-refractivity contribution in [3.05, 3.63) is 52.0 Å². The largest absolute Gasteiger partial charge is 0.493 e. The molecule has 2 aromatic carbocycles. The summed E-state index contributed by atoms with van der Waals surface area (Å²) in [6.07, 6.45) is 0.263. The Morgan fingerprint density at radius 2 is 1.69 bits per heavy atom. The lowest BCUT2D eigenvalue weighted by molar-refractivity contribution is -0.120. The number of amides is 1. The van der Waals surface area contributed by atoms with Crippen molar-refractivity contribution in [2.45, 2.75) is 20.3 Å². The third-order valence-electron chi connectivity index (χ3n) is 3.92. The predicted octanol–water partition coefficient (Wildman–Crippen LogP) is 3.71. The van der Waals surface area contributed by atoms with Crippen molar-refractivity contribution in [3.63, 3.8) is 0 Å². The van der Waals surface area contributed by atoms with Crippen molar-refractivity contribution in [1.29, 1.82) is 0 Å². The maximum Gasteiger partial charge on any atom is 0.224 e. The lowest BCUT2D eigenvalue weighted by Gasteiger charge is -2.11. The van der Waals surface area contributed by atoms with Crippen molar-refractivity contribution in [2.24, 2.45) is 0 Å². The summed E-state index contributed by atoms with van der Waals surface area (Å²) < 4.78 is 16.1. The number of aryl methyl sites for hydroxylation is 2. The van der Waals surface area contributed by atoms with E-state index in [1.807, 2.05) is 32.0 Å². The second-order valence-corrected chi connectivity index (χ2v) is 6.31. The molecule has 6 heteroatoms. The number of nitrogens with one attached hydrogen (secondary N) is 1. The van der Waals surface area contributed by atoms with Crippen LogP contribution >= 0.6 is 11.6 Å². The molecule has 0 atom stereocenters. The average molecular weight is 378 g/mol. The van der Waals surface area contributed by atoms with Crippen molar-refractivity contribution >= 4 is 17.5 Å². The van der Waals surface area contributed by atoms with Crippen LogP contribution in [0.1, 0.15) is 16.7 Å². The maximum absolute atomic E-state index is 12.1. The number of hydrogen-bond donors (Lipinski definition) is 1. The van der Waals surface area contributed by atoms with Crippen LogP contribution < -0.4 is 19.5 Å². The molecule has 0 saturated carbocycles. The van der Waals surface area contributed by atoms with Crippen LogP contribution in [-0.4, -0.2) is 33.3 Å². The van der Waals surface area contributed by atoms with Crippen LogP contribution in [0.15, 0.2) is 30.3 Å². The third-order valence-corrected chi connectivity index (χ3v) is 4.51. The predicted molar refractivity (Wildman–Crippen MR) is 103 cm³/mol. The summed E-state index contributed by atoms with van der Waals surface area (Å²) in [7, 11) is 3.15. The van der Waals surface area contributed by atoms with E-state index in [4.69, 9.17) is 25.8 Å². The first-order chi connectivity index (χ1) is 12.4. The van der Waals surface area contributed by atoms with E-state index < -0.39 is 0 Å². The molecule has 26 heavy (non-hydrogen) atoms. The van der Waals surface area contributed by atoms with Crippen LogP contribution in [-0.2, 0) is 11.2 Å². The van der Waals surface area contributed by atoms with Crippen molar-refractivity contribution in [1.82, 2.24) is 5.32 Å². The Hall–Kier alpha value is -2.40. The van der Waals surface area contributed by atoms with Crippen molar-refractivity contribution < 1.29 is 19.0 Å². The summed E-state index contributed by atoms with van der Waals surface area (Å²) in [6.45, 7) is 4.69. The SMILES string of the molecule is COc1ccc(CC(=O)NCCOc2cc(C)c(Cl)c(C)c2)cc1OC. The molecule has 0 aliphatic rings. The highest BCUT2D eigenvalue weighted by Crippen LogP contribution is 2.28. The average Bonchev–Trinajstić information content (AvgIpc) is 2.63. The first kappa shape index (κ1) is 19.9. The van der Waals surface area contributed by atoms with E-state index in [0.717, 1.165) is 27.5 Å². The molecule has 2 rings (SSSR count). The molecule has 5 nitrogen and oxygen atoms in total. The standard InChI is InChI=1S/C20H24ClNO4/c1-13-9-16(10-14(2)20(13)21)26-8-7-22-19(23)12-15-5-6-17(24-3)18(11-15)25-4/h5-6,9-11H,7-8,12H2,1-4H3,(H,22,23). The van der Waals surface area contributed by atoms with Crippen molar-refractivity contribution in [2.75, 3.05) is 27.4 Å². The zero-order valence-corrected chi connectivity index (χ0v) is 16.3. The van der Waals surface area contributed by atoms with E-state index in [9.17, 15) is 4.79 Å². The zero-order chi connectivity index (χ0) is 19.1. The zero-order valence-electron chi connectivity index (χ0n) is 15.5. The molecule has 1 N–H and O–H groups in total. The van der Waals surface area contributed by atoms with Gasteiger partial charge in [-0.15, -0.1) is 0 Å². The molecule has 0 aliphatic heterocycles. The Morgan fingerprint density at radius 1 is 1.04 bits per heavy atom. The topological polar surface area (TPSA) is 56.8 Å². The molecule has 0 heterocycles. The molecular formula is C20H24ClNO4. The van der Waals surface area contributed by atoms with Gasteiger partial charge in [0.1, 0.15) is 12.4 Å². The normalized spacial score (nSPS) is 10.3. The van der Waals surface area contributed by atoms with Gasteiger partial charge in [0.15, 0.2) is 11.5 Å². The molecule has 140 valence electrons. The van der Waals surface area contributed by atoms with Gasteiger partial charge in [0.2, 0.25) is 5.91 Å². The van der Waals surface area contributed by atoms with Gasteiger partial charge in [0.25, 0.3) is 0 Å². The minimum Gasteiger partial charge on any atom is -0.493 e. The quantitative estimate of drug-likeness (QED) is 0.712. The molecule has 2 aromatic rings. The van der Waals surface area contributed by atoms with E-state index >= 15 is 0 Å². The van der Waals surface area contributed by atoms with Crippen molar-refractivity contribution in [3.8, 4) is 17.2 Å². The molecule has 0 radical (unpaired) electrons. The summed E-state index contributed by atoms with van der Waals surface area (Å²) >= 11 is 6.14. The number of hydrogen-bond acceptors (Lipinski definition) is 4. The number of halogens is 1. The number of carbonyl (C=O) groups is 1. The smallest absolute Gasteiger partial charge is 0.224 e. The van der Waals surface area contributed by atoms with Gasteiger partial charge < -0.3 is 19.5 Å². The lowest BCUT2D eigenvalue weighted by atomic mass is 10.1. The Labute approximate surface area is 159 Å². The lowest BCUT2D eigenvalue weighted by Crippen LogP contribution is -2.29. The van der Waals surface area contributed by atoms with Gasteiger partial charge >= 0.3 is 0 Å². The van der Waals surface area contributed by atoms with Gasteiger partial charge in [-0.1, -0.05) is 17.7 Å². The van der Waals surface area contributed by atoms with Gasteiger partial charge in [0.05, 0.1) is 27.2 Å². The fraction of sp³-hybridized carbons (Fsp3) is 0.350. The molecular weight excluding hydrogens is 354 g/mol. The minimum absolute atomic E-state index is 0.0794. The number of methoxy groups -OCH3 is 2. The monoisotopic (exact) mass is 377 g/mol. The molecule has 0 spiro atoms. The molecule has 0 bridgehead atoms. The fourth-order valence-corrected chi connectivity index (χ4v) is 2.70. The summed E-state index contributed by atoms with van der Waals surface area (Å²) in [6, 6.07) is 9.21. The highest BCUT2D eigenvalue weighted by molar-refractivity contribution is 6.32. The van der Waals surface area contributed by atoms with Gasteiger partial charge in [-0.2, -0.15) is 0 Å². The number of benzene rings is 2. The molecule has 0 aliphatic carbocycles. The number of carbonyl (C=O) groups excluding carboxylic acids is 1. The summed E-state index contributed by atoms with van der Waals surface area (Å²) in [4.78, 5) is 12.1. The van der Waals surface area contributed by atoms with Gasteiger partial charge in [0, 0.05) is 5.02 Å². The summed E-state index contributed by atoms with van der Waals surface area (Å²) in [5, 5.41) is 3.60. The van der Waals surface area contributed by atoms with E-state index in [1.54, 1.807) is 26.4 Å². The molecule has 1 amide bonds. The van der Waals surface area contributed by atoms with Gasteiger partial charge in [-0.3, -0.25) is 4.79 Å². The van der Waals surface area contributed by atoms with Gasteiger partial charge in [-0.25, -0.2) is 0 Å². The van der Waals surface area contributed by atoms with E-state index in [0.29, 0.717) is 24.7 Å². The van der Waals surface area contributed by atoms with Crippen LogP contribution in [0.2, 0.25) is 5.02 Å². The van der Waals surface area contributed by atoms with E-state index in [2.05, 4.69) is 5.32 Å². The third kappa shape index (κ3) is 5.30. The van der Waals surface area contributed by atoms with Gasteiger partial charge in [-0.05, 0) is 54.8 Å². The number of ether oxygens (including phenoxy) is 3. The first-order valence-corrected chi connectivity index (χ1v) is 8.69. The Kier molecular flexibility index (Phi) is 7.16. The maximum atomic E-state index is 12.1. The molecule has 0 aromatic heterocycles. The van der Waals surface area contributed by atoms with Crippen LogP contribution in [0, 0.1) is 13.8 Å². The highest BCUT2D eigenvalue weighted by Gasteiger charge is 2.08. The first-order valence-electron chi connectivity index (χ1n) is 8.31.